The van der Waals surface area contributed by atoms with E-state index < -0.39 is 10.0 Å². The van der Waals surface area contributed by atoms with E-state index in [-0.39, 0.29) is 42.6 Å². The van der Waals surface area contributed by atoms with E-state index in [1.54, 1.807) is 54.9 Å². The van der Waals surface area contributed by atoms with E-state index in [4.69, 9.17) is 23.7 Å². The van der Waals surface area contributed by atoms with Gasteiger partial charge in [-0.25, -0.2) is 18.4 Å². The van der Waals surface area contributed by atoms with Gasteiger partial charge in [0.05, 0.1) is 25.7 Å². The van der Waals surface area contributed by atoms with Crippen LogP contribution in [0.4, 0.5) is 11.8 Å². The van der Waals surface area contributed by atoms with Crippen molar-refractivity contribution in [1.29, 1.82) is 0 Å². The van der Waals surface area contributed by atoms with Crippen molar-refractivity contribution in [3.05, 3.63) is 84.0 Å². The molecule has 0 atom stereocenters. The molecule has 2 aromatic heterocycles. The molecule has 4 aromatic rings. The van der Waals surface area contributed by atoms with Crippen molar-refractivity contribution in [3.8, 4) is 29.1 Å². The van der Waals surface area contributed by atoms with Crippen LogP contribution in [0.3, 0.4) is 0 Å². The number of rotatable bonds is 13. The summed E-state index contributed by atoms with van der Waals surface area (Å²) in [5.74, 6) is 0.754. The van der Waals surface area contributed by atoms with Crippen LogP contribution in [0.5, 0.6) is 29.1 Å². The molecule has 0 bridgehead atoms. The van der Waals surface area contributed by atoms with Gasteiger partial charge in [0, 0.05) is 25.5 Å². The second-order valence-corrected chi connectivity index (χ2v) is 10.5. The van der Waals surface area contributed by atoms with Crippen LogP contribution >= 0.6 is 0 Å². The molecule has 2 aromatic carbocycles. The van der Waals surface area contributed by atoms with Gasteiger partial charge in [0.2, 0.25) is 11.7 Å². The number of methoxy groups -OCH3 is 1. The second kappa shape index (κ2) is 14.3. The number of benzene rings is 2. The lowest BCUT2D eigenvalue weighted by Crippen LogP contribution is -2.37. The fraction of sp³-hybridized carbons (Fsp3) is 0.241. The molecule has 0 unspecified atom stereocenters. The van der Waals surface area contributed by atoms with Crippen LogP contribution < -0.4 is 28.6 Å². The molecule has 1 aliphatic heterocycles. The predicted molar refractivity (Wildman–Crippen MR) is 159 cm³/mol. The first-order valence-corrected chi connectivity index (χ1v) is 14.9. The third-order valence-corrected chi connectivity index (χ3v) is 6.94. The van der Waals surface area contributed by atoms with Crippen molar-refractivity contribution in [2.24, 2.45) is 0 Å². The Morgan fingerprint density at radius 1 is 0.907 bits per heavy atom. The molecule has 43 heavy (non-hydrogen) atoms. The first-order chi connectivity index (χ1) is 21.0. The van der Waals surface area contributed by atoms with E-state index in [1.165, 1.54) is 13.2 Å². The summed E-state index contributed by atoms with van der Waals surface area (Å²) < 4.78 is 57.7. The molecule has 14 heteroatoms. The highest BCUT2D eigenvalue weighted by Gasteiger charge is 2.26. The molecule has 0 saturated carbocycles. The number of hydrogen-bond acceptors (Lipinski definition) is 12. The number of sulfonamides is 1. The Bertz CT molecular complexity index is 1620. The van der Waals surface area contributed by atoms with Gasteiger partial charge in [-0.2, -0.15) is 9.97 Å². The highest BCUT2D eigenvalue weighted by molar-refractivity contribution is 7.95. The maximum Gasteiger partial charge on any atom is 0.316 e. The molecular weight excluding hydrogens is 576 g/mol. The van der Waals surface area contributed by atoms with Crippen molar-refractivity contribution >= 4 is 27.9 Å². The van der Waals surface area contributed by atoms with Gasteiger partial charge in [-0.05, 0) is 29.8 Å². The van der Waals surface area contributed by atoms with Crippen molar-refractivity contribution < 1.29 is 32.1 Å². The molecule has 0 amide bonds. The zero-order valence-corrected chi connectivity index (χ0v) is 24.1. The Morgan fingerprint density at radius 2 is 1.60 bits per heavy atom. The van der Waals surface area contributed by atoms with Gasteiger partial charge in [0.1, 0.15) is 13.2 Å². The van der Waals surface area contributed by atoms with Crippen molar-refractivity contribution in [3.63, 3.8) is 0 Å². The van der Waals surface area contributed by atoms with E-state index >= 15 is 0 Å². The third kappa shape index (κ3) is 8.30. The van der Waals surface area contributed by atoms with Gasteiger partial charge < -0.3 is 28.6 Å². The minimum absolute atomic E-state index is 0.00952. The van der Waals surface area contributed by atoms with E-state index in [1.807, 2.05) is 23.1 Å². The maximum absolute atomic E-state index is 13.3. The number of anilines is 2. The SMILES string of the molecule is COc1ccccc1Oc1c(NS(=O)(=O)/C=C/c2ccccc2)nc(N2CCOCC2)nc1OCCOc1ncccn1. The monoisotopic (exact) mass is 606 g/mol. The molecule has 0 spiro atoms. The average molecular weight is 607 g/mol. The number of nitrogens with one attached hydrogen (secondary N) is 1. The summed E-state index contributed by atoms with van der Waals surface area (Å²) in [7, 11) is -2.56. The average Bonchev–Trinajstić information content (AvgIpc) is 3.05. The summed E-state index contributed by atoms with van der Waals surface area (Å²) in [6, 6.07) is 17.8. The number of aromatic nitrogens is 4. The molecule has 1 aliphatic rings. The lowest BCUT2D eigenvalue weighted by molar-refractivity contribution is 0.122. The van der Waals surface area contributed by atoms with Gasteiger partial charge in [-0.15, -0.1) is 0 Å². The second-order valence-electron chi connectivity index (χ2n) is 8.95. The summed E-state index contributed by atoms with van der Waals surface area (Å²) >= 11 is 0. The van der Waals surface area contributed by atoms with Gasteiger partial charge in [-0.3, -0.25) is 4.72 Å². The molecule has 1 N–H and O–H groups in total. The first-order valence-electron chi connectivity index (χ1n) is 13.3. The third-order valence-electron chi connectivity index (χ3n) is 5.97. The quantitative estimate of drug-likeness (QED) is 0.221. The van der Waals surface area contributed by atoms with Crippen LogP contribution in [-0.4, -0.2) is 75.0 Å². The van der Waals surface area contributed by atoms with Crippen molar-refractivity contribution in [2.45, 2.75) is 0 Å². The number of nitrogens with zero attached hydrogens (tertiary/aromatic N) is 5. The summed E-state index contributed by atoms with van der Waals surface area (Å²) in [6.45, 7) is 2.02. The smallest absolute Gasteiger partial charge is 0.316 e. The number of morpholine rings is 1. The predicted octanol–water partition coefficient (Wildman–Crippen LogP) is 3.77. The van der Waals surface area contributed by atoms with Gasteiger partial charge in [0.15, 0.2) is 17.3 Å². The molecule has 1 saturated heterocycles. The molecule has 0 aliphatic carbocycles. The summed E-state index contributed by atoms with van der Waals surface area (Å²) in [6.07, 6.45) is 4.60. The maximum atomic E-state index is 13.3. The molecule has 0 radical (unpaired) electrons. The van der Waals surface area contributed by atoms with Crippen LogP contribution in [0.15, 0.2) is 78.5 Å². The van der Waals surface area contributed by atoms with Crippen molar-refractivity contribution in [2.75, 3.05) is 56.2 Å². The molecular formula is C29H30N6O7S. The number of hydrogen-bond donors (Lipinski definition) is 1. The van der Waals surface area contributed by atoms with E-state index in [9.17, 15) is 8.42 Å². The van der Waals surface area contributed by atoms with Crippen LogP contribution in [0.2, 0.25) is 0 Å². The van der Waals surface area contributed by atoms with Crippen LogP contribution in [0.25, 0.3) is 6.08 Å². The zero-order chi connectivity index (χ0) is 29.9. The Morgan fingerprint density at radius 3 is 2.35 bits per heavy atom. The Hall–Kier alpha value is -4.95. The first kappa shape index (κ1) is 29.5. The topological polar surface area (TPSA) is 147 Å². The van der Waals surface area contributed by atoms with E-state index in [0.29, 0.717) is 43.4 Å². The lowest BCUT2D eigenvalue weighted by Gasteiger charge is -2.28. The standard InChI is InChI=1S/C29H30N6O7S/c1-38-23-10-5-6-11-24(23)42-25-26(34-43(36,37)21-12-22-8-3-2-4-9-22)32-28(35-15-17-39-18-16-35)33-27(25)40-19-20-41-29-30-13-7-14-31-29/h2-14,21H,15-20H2,1H3,(H,32,33,34)/b21-12+. The normalized spacial score (nSPS) is 13.5. The molecule has 3 heterocycles. The minimum Gasteiger partial charge on any atom is -0.493 e. The number of ether oxygens (including phenoxy) is 5. The molecule has 224 valence electrons. The van der Waals surface area contributed by atoms with Crippen molar-refractivity contribution in [1.82, 2.24) is 19.9 Å². The van der Waals surface area contributed by atoms with Gasteiger partial charge >= 0.3 is 6.01 Å². The Kier molecular flexibility index (Phi) is 9.82. The highest BCUT2D eigenvalue weighted by atomic mass is 32.2. The van der Waals surface area contributed by atoms with Crippen LogP contribution in [0.1, 0.15) is 5.56 Å². The Balaban J connectivity index is 1.51. The minimum atomic E-state index is -4.06. The van der Waals surface area contributed by atoms with E-state index in [0.717, 1.165) is 5.41 Å². The number of para-hydroxylation sites is 2. The summed E-state index contributed by atoms with van der Waals surface area (Å²) in [5, 5.41) is 1.06. The summed E-state index contributed by atoms with van der Waals surface area (Å²) in [4.78, 5) is 19.1. The molecule has 1 fully saturated rings. The van der Waals surface area contributed by atoms with Crippen LogP contribution in [0, 0.1) is 0 Å². The fourth-order valence-corrected chi connectivity index (χ4v) is 4.74. The van der Waals surface area contributed by atoms with E-state index in [2.05, 4.69) is 24.7 Å². The Labute approximate surface area is 249 Å². The molecule has 5 rings (SSSR count). The van der Waals surface area contributed by atoms with Gasteiger partial charge in [-0.1, -0.05) is 42.5 Å². The zero-order valence-electron chi connectivity index (χ0n) is 23.3. The molecule has 13 nitrogen and oxygen atoms in total. The fourth-order valence-electron chi connectivity index (χ4n) is 3.93. The lowest BCUT2D eigenvalue weighted by atomic mass is 10.2. The highest BCUT2D eigenvalue weighted by Crippen LogP contribution is 2.41. The van der Waals surface area contributed by atoms with Crippen LogP contribution in [-0.2, 0) is 14.8 Å². The van der Waals surface area contributed by atoms with Gasteiger partial charge in [0.25, 0.3) is 15.9 Å². The largest absolute Gasteiger partial charge is 0.493 e. The summed E-state index contributed by atoms with van der Waals surface area (Å²) in [5.41, 5.74) is 0.710.